The van der Waals surface area contributed by atoms with Crippen LogP contribution < -0.4 is 0 Å². The molecule has 0 aromatic carbocycles. The highest BCUT2D eigenvalue weighted by Gasteiger charge is 2.50. The monoisotopic (exact) mass is 499 g/mol. The highest BCUT2D eigenvalue weighted by atomic mass is 16.6. The van der Waals surface area contributed by atoms with E-state index >= 15 is 0 Å². The van der Waals surface area contributed by atoms with E-state index in [-0.39, 0.29) is 10.8 Å². The van der Waals surface area contributed by atoms with Crippen LogP contribution >= 0.6 is 0 Å². The summed E-state index contributed by atoms with van der Waals surface area (Å²) in [7, 11) is 0. The summed E-state index contributed by atoms with van der Waals surface area (Å²) in [6, 6.07) is 0. The van der Waals surface area contributed by atoms with Crippen molar-refractivity contribution >= 4 is 5.71 Å². The zero-order valence-corrected chi connectivity index (χ0v) is 23.3. The van der Waals surface area contributed by atoms with Crippen LogP contribution in [0.15, 0.2) is 53.3 Å². The van der Waals surface area contributed by atoms with Gasteiger partial charge in [0, 0.05) is 18.4 Å². The summed E-state index contributed by atoms with van der Waals surface area (Å²) in [6.45, 7) is 20.6. The Morgan fingerprint density at radius 2 is 2.00 bits per heavy atom. The summed E-state index contributed by atoms with van der Waals surface area (Å²) in [6.07, 6.45) is 12.0. The molecule has 6 atom stereocenters. The van der Waals surface area contributed by atoms with Crippen molar-refractivity contribution in [2.75, 3.05) is 19.8 Å². The molecule has 3 fully saturated rings. The number of aliphatic hydroxyl groups excluding tert-OH is 2. The number of hydrogen-bond acceptors (Lipinski definition) is 5. The van der Waals surface area contributed by atoms with Gasteiger partial charge in [0.15, 0.2) is 0 Å². The number of hydrogen-bond donors (Lipinski definition) is 2. The predicted molar refractivity (Wildman–Crippen MR) is 148 cm³/mol. The fourth-order valence-corrected chi connectivity index (χ4v) is 6.68. The third-order valence-corrected chi connectivity index (χ3v) is 8.84. The molecule has 3 aliphatic carbocycles. The first-order chi connectivity index (χ1) is 17.0. The van der Waals surface area contributed by atoms with Gasteiger partial charge in [0.1, 0.15) is 6.61 Å². The molecule has 5 heteroatoms. The van der Waals surface area contributed by atoms with Gasteiger partial charge in [-0.1, -0.05) is 76.7 Å². The van der Waals surface area contributed by atoms with E-state index in [9.17, 15) is 10.2 Å². The maximum absolute atomic E-state index is 10.2. The number of nitrogens with zero attached hydrogens (tertiary/aromatic N) is 1. The molecule has 3 rings (SSSR count). The minimum Gasteiger partial charge on any atom is -0.393 e. The quantitative estimate of drug-likeness (QED) is 0.167. The van der Waals surface area contributed by atoms with E-state index in [0.717, 1.165) is 29.9 Å². The number of rotatable bonds is 9. The van der Waals surface area contributed by atoms with Crippen molar-refractivity contribution in [3.05, 3.63) is 48.1 Å². The Hall–Kier alpha value is -1.69. The van der Waals surface area contributed by atoms with Gasteiger partial charge in [0.25, 0.3) is 0 Å². The fourth-order valence-electron chi connectivity index (χ4n) is 6.68. The van der Waals surface area contributed by atoms with Gasteiger partial charge >= 0.3 is 0 Å². The van der Waals surface area contributed by atoms with Crippen LogP contribution in [0.25, 0.3) is 0 Å². The Bertz CT molecular complexity index is 879. The molecule has 2 N–H and O–H groups in total. The zero-order chi connectivity index (χ0) is 26.5. The van der Waals surface area contributed by atoms with Gasteiger partial charge < -0.3 is 19.8 Å². The van der Waals surface area contributed by atoms with E-state index in [2.05, 4.69) is 65.1 Å². The molecule has 0 radical (unpaired) electrons. The first-order valence-corrected chi connectivity index (χ1v) is 13.8. The maximum Gasteiger partial charge on any atom is 0.135 e. The summed E-state index contributed by atoms with van der Waals surface area (Å²) in [5.74, 6) is 1.68. The van der Waals surface area contributed by atoms with E-state index in [1.54, 1.807) is 6.08 Å². The lowest BCUT2D eigenvalue weighted by molar-refractivity contribution is 0.0436. The molecular weight excluding hydrogens is 450 g/mol. The predicted octanol–water partition coefficient (Wildman–Crippen LogP) is 6.38. The summed E-state index contributed by atoms with van der Waals surface area (Å²) >= 11 is 0. The fraction of sp³-hybridized carbons (Fsp3) is 0.710. The van der Waals surface area contributed by atoms with Crippen molar-refractivity contribution < 1.29 is 19.8 Å². The summed E-state index contributed by atoms with van der Waals surface area (Å²) in [5.41, 5.74) is 4.37. The van der Waals surface area contributed by atoms with E-state index in [0.29, 0.717) is 43.8 Å². The molecule has 0 spiro atoms. The van der Waals surface area contributed by atoms with E-state index in [4.69, 9.17) is 9.57 Å². The lowest BCUT2D eigenvalue weighted by Gasteiger charge is -2.44. The lowest BCUT2D eigenvalue weighted by atomic mass is 9.61. The first kappa shape index (κ1) is 28.9. The van der Waals surface area contributed by atoms with Gasteiger partial charge in [-0.3, -0.25) is 0 Å². The van der Waals surface area contributed by atoms with Gasteiger partial charge in [0.2, 0.25) is 0 Å². The lowest BCUT2D eigenvalue weighted by Crippen LogP contribution is -2.37. The number of allylic oxidation sites excluding steroid dienone is 3. The average Bonchev–Trinajstić information content (AvgIpc) is 3.16. The number of oxime groups is 1. The molecule has 0 aromatic heterocycles. The Morgan fingerprint density at radius 3 is 2.69 bits per heavy atom. The maximum atomic E-state index is 10.2. The van der Waals surface area contributed by atoms with Gasteiger partial charge in [-0.2, -0.15) is 0 Å². The van der Waals surface area contributed by atoms with Gasteiger partial charge in [-0.05, 0) is 72.8 Å². The third kappa shape index (κ3) is 6.79. The molecule has 3 saturated carbocycles. The van der Waals surface area contributed by atoms with Crippen molar-refractivity contribution in [3.63, 3.8) is 0 Å². The van der Waals surface area contributed by atoms with E-state index in [1.807, 2.05) is 0 Å². The molecule has 36 heavy (non-hydrogen) atoms. The van der Waals surface area contributed by atoms with Crippen LogP contribution in [0, 0.1) is 28.6 Å². The molecule has 0 aliphatic heterocycles. The SMILES string of the molecule is C=CCO/N=C(/COC[C@@H](C)[C@H]1CC[C@H]2/C(=C\C=C3/C[C@@H](O)C[C@H](O)C3=C)CCC[C@]12C)C(C)(C)C. The van der Waals surface area contributed by atoms with Crippen molar-refractivity contribution in [2.24, 2.45) is 33.7 Å². The van der Waals surface area contributed by atoms with Gasteiger partial charge in [-0.25, -0.2) is 0 Å². The smallest absolute Gasteiger partial charge is 0.135 e. The molecule has 0 bridgehead atoms. The minimum atomic E-state index is -0.635. The second-order valence-electron chi connectivity index (χ2n) is 12.5. The Labute approximate surface area is 219 Å². The highest BCUT2D eigenvalue weighted by Crippen LogP contribution is 2.59. The molecule has 202 valence electrons. The summed E-state index contributed by atoms with van der Waals surface area (Å²) in [4.78, 5) is 5.36. The van der Waals surface area contributed by atoms with Crippen molar-refractivity contribution in [1.29, 1.82) is 0 Å². The number of aliphatic hydroxyl groups is 2. The topological polar surface area (TPSA) is 71.3 Å². The Kier molecular flexibility index (Phi) is 9.81. The second kappa shape index (κ2) is 12.2. The second-order valence-corrected chi connectivity index (χ2v) is 12.5. The van der Waals surface area contributed by atoms with Crippen LogP contribution in [-0.4, -0.2) is 48.0 Å². The molecule has 0 heterocycles. The van der Waals surface area contributed by atoms with Crippen LogP contribution in [-0.2, 0) is 9.57 Å². The summed E-state index contributed by atoms with van der Waals surface area (Å²) < 4.78 is 6.22. The molecule has 0 amide bonds. The molecule has 0 unspecified atom stereocenters. The van der Waals surface area contributed by atoms with Gasteiger partial charge in [-0.15, -0.1) is 0 Å². The normalized spacial score (nSPS) is 34.6. The zero-order valence-electron chi connectivity index (χ0n) is 23.3. The molecule has 0 saturated heterocycles. The van der Waals surface area contributed by atoms with Crippen LogP contribution in [0.3, 0.4) is 0 Å². The minimum absolute atomic E-state index is 0.109. The molecule has 0 aromatic rings. The van der Waals surface area contributed by atoms with Crippen LogP contribution in [0.5, 0.6) is 0 Å². The highest BCUT2D eigenvalue weighted by molar-refractivity contribution is 5.89. The standard InChI is InChI=1S/C31H49NO4/c1-8-16-36-32-29(30(4,5)6)20-35-19-21(2)26-13-14-27-23(10-9-15-31(26,27)7)11-12-24-17-25(33)18-28(34)22(24)3/h8,11-12,21,25-28,33-34H,1,3,9-10,13-20H2,2,4-7H3/b23-11-,24-12+,32-29-/t21-,25-,26-,27+,28+,31-/m1/s1. The van der Waals surface area contributed by atoms with Gasteiger partial charge in [0.05, 0.1) is 24.5 Å². The van der Waals surface area contributed by atoms with Crippen molar-refractivity contribution in [3.8, 4) is 0 Å². The van der Waals surface area contributed by atoms with Crippen molar-refractivity contribution in [1.82, 2.24) is 0 Å². The Balaban J connectivity index is 1.65. The first-order valence-electron chi connectivity index (χ1n) is 13.8. The van der Waals surface area contributed by atoms with E-state index in [1.165, 1.54) is 31.3 Å². The Morgan fingerprint density at radius 1 is 1.25 bits per heavy atom. The number of fused-ring (bicyclic) bond motifs is 1. The average molecular weight is 500 g/mol. The molecule has 5 nitrogen and oxygen atoms in total. The third-order valence-electron chi connectivity index (χ3n) is 8.84. The largest absolute Gasteiger partial charge is 0.393 e. The van der Waals surface area contributed by atoms with Crippen LogP contribution in [0.4, 0.5) is 0 Å². The van der Waals surface area contributed by atoms with Crippen molar-refractivity contribution in [2.45, 2.75) is 91.8 Å². The number of ether oxygens (including phenoxy) is 1. The van der Waals surface area contributed by atoms with Crippen LogP contribution in [0.2, 0.25) is 0 Å². The van der Waals surface area contributed by atoms with Crippen LogP contribution in [0.1, 0.15) is 79.6 Å². The molecule has 3 aliphatic rings. The molecular formula is C31H49NO4. The van der Waals surface area contributed by atoms with E-state index < -0.39 is 12.2 Å². The summed E-state index contributed by atoms with van der Waals surface area (Å²) in [5, 5.41) is 24.6.